The number of pyridine rings is 1. The summed E-state index contributed by atoms with van der Waals surface area (Å²) >= 11 is 0. The van der Waals surface area contributed by atoms with Crippen molar-refractivity contribution in [2.45, 2.75) is 32.7 Å². The third-order valence-corrected chi connectivity index (χ3v) is 2.15. The van der Waals surface area contributed by atoms with Gasteiger partial charge in [-0.2, -0.15) is 5.26 Å². The predicted octanol–water partition coefficient (Wildman–Crippen LogP) is 2.14. The van der Waals surface area contributed by atoms with Crippen LogP contribution >= 0.6 is 0 Å². The van der Waals surface area contributed by atoms with Gasteiger partial charge in [0, 0.05) is 12.2 Å². The van der Waals surface area contributed by atoms with Crippen molar-refractivity contribution in [1.82, 2.24) is 4.98 Å². The Labute approximate surface area is 90.1 Å². The number of hydrogen-bond donors (Lipinski definition) is 2. The Morgan fingerprint density at radius 2 is 2.40 bits per heavy atom. The minimum Gasteiger partial charge on any atom is -0.396 e. The molecule has 0 aliphatic carbocycles. The lowest BCUT2D eigenvalue weighted by Gasteiger charge is -2.14. The second-order valence-corrected chi connectivity index (χ2v) is 3.61. The Hall–Kier alpha value is -1.76. The highest BCUT2D eigenvalue weighted by Crippen LogP contribution is 2.17. The average Bonchev–Trinajstić information content (AvgIpc) is 2.21. The molecule has 0 amide bonds. The van der Waals surface area contributed by atoms with Gasteiger partial charge >= 0.3 is 0 Å². The summed E-state index contributed by atoms with van der Waals surface area (Å²) in [5.74, 6) is 0.662. The monoisotopic (exact) mass is 204 g/mol. The lowest BCUT2D eigenvalue weighted by molar-refractivity contribution is 0.688. The highest BCUT2D eigenvalue weighted by atomic mass is 15.0. The summed E-state index contributed by atoms with van der Waals surface area (Å²) in [5, 5.41) is 11.9. The smallest absolute Gasteiger partial charge is 0.149 e. The average molecular weight is 204 g/mol. The molecule has 1 aromatic heterocycles. The predicted molar refractivity (Wildman–Crippen MR) is 61.4 cm³/mol. The molecule has 1 rings (SSSR count). The SMILES string of the molecule is CCCC(C)Nc1ncc(C#N)cc1N. The first-order chi connectivity index (χ1) is 7.17. The van der Waals surface area contributed by atoms with Gasteiger partial charge < -0.3 is 11.1 Å². The van der Waals surface area contributed by atoms with Crippen molar-refractivity contribution in [3.8, 4) is 6.07 Å². The van der Waals surface area contributed by atoms with Crippen LogP contribution in [0.3, 0.4) is 0 Å². The van der Waals surface area contributed by atoms with Gasteiger partial charge in [-0.15, -0.1) is 0 Å². The molecule has 0 spiro atoms. The second kappa shape index (κ2) is 5.20. The number of anilines is 2. The Morgan fingerprint density at radius 1 is 1.67 bits per heavy atom. The largest absolute Gasteiger partial charge is 0.396 e. The summed E-state index contributed by atoms with van der Waals surface area (Å²) in [6.07, 6.45) is 3.71. The van der Waals surface area contributed by atoms with Crippen LogP contribution in [0.1, 0.15) is 32.3 Å². The normalized spacial score (nSPS) is 11.8. The minimum atomic E-state index is 0.345. The molecule has 0 radical (unpaired) electrons. The van der Waals surface area contributed by atoms with E-state index >= 15 is 0 Å². The molecular weight excluding hydrogens is 188 g/mol. The maximum atomic E-state index is 8.65. The first-order valence-electron chi connectivity index (χ1n) is 5.09. The van der Waals surface area contributed by atoms with Crippen molar-refractivity contribution in [2.24, 2.45) is 0 Å². The van der Waals surface area contributed by atoms with Gasteiger partial charge in [0.2, 0.25) is 0 Å². The molecule has 0 saturated carbocycles. The van der Waals surface area contributed by atoms with E-state index in [9.17, 15) is 0 Å². The summed E-state index contributed by atoms with van der Waals surface area (Å²) in [6, 6.07) is 3.98. The van der Waals surface area contributed by atoms with Crippen LogP contribution in [-0.2, 0) is 0 Å². The Morgan fingerprint density at radius 3 is 2.93 bits per heavy atom. The third kappa shape index (κ3) is 3.13. The molecule has 0 aromatic carbocycles. The fraction of sp³-hybridized carbons (Fsp3) is 0.455. The second-order valence-electron chi connectivity index (χ2n) is 3.61. The molecule has 1 aromatic rings. The van der Waals surface area contributed by atoms with Gasteiger partial charge in [-0.25, -0.2) is 4.98 Å². The van der Waals surface area contributed by atoms with Crippen molar-refractivity contribution in [1.29, 1.82) is 5.26 Å². The fourth-order valence-corrected chi connectivity index (χ4v) is 1.40. The summed E-state index contributed by atoms with van der Waals surface area (Å²) in [5.41, 5.74) is 6.78. The van der Waals surface area contributed by atoms with Gasteiger partial charge in [-0.05, 0) is 19.4 Å². The van der Waals surface area contributed by atoms with E-state index in [0.29, 0.717) is 23.1 Å². The van der Waals surface area contributed by atoms with Gasteiger partial charge in [0.05, 0.1) is 11.3 Å². The van der Waals surface area contributed by atoms with Crippen LogP contribution in [0.5, 0.6) is 0 Å². The molecule has 1 atom stereocenters. The van der Waals surface area contributed by atoms with E-state index in [-0.39, 0.29) is 0 Å². The number of nitriles is 1. The van der Waals surface area contributed by atoms with E-state index in [0.717, 1.165) is 12.8 Å². The lowest BCUT2D eigenvalue weighted by Crippen LogP contribution is -2.16. The number of rotatable bonds is 4. The van der Waals surface area contributed by atoms with E-state index in [2.05, 4.69) is 24.1 Å². The van der Waals surface area contributed by atoms with E-state index in [1.807, 2.05) is 6.07 Å². The van der Waals surface area contributed by atoms with E-state index in [4.69, 9.17) is 11.0 Å². The topological polar surface area (TPSA) is 74.7 Å². The third-order valence-electron chi connectivity index (χ3n) is 2.15. The number of nitrogens with zero attached hydrogens (tertiary/aromatic N) is 2. The first-order valence-corrected chi connectivity index (χ1v) is 5.09. The molecule has 15 heavy (non-hydrogen) atoms. The standard InChI is InChI=1S/C11H16N4/c1-3-4-8(2)15-11-10(13)5-9(6-12)7-14-11/h5,7-8H,3-4,13H2,1-2H3,(H,14,15). The van der Waals surface area contributed by atoms with Gasteiger partial charge in [0.15, 0.2) is 0 Å². The molecule has 4 heteroatoms. The highest BCUT2D eigenvalue weighted by Gasteiger charge is 2.05. The minimum absolute atomic E-state index is 0.345. The number of nitrogens with one attached hydrogen (secondary N) is 1. The Bertz CT molecular complexity index is 367. The molecule has 3 N–H and O–H groups in total. The summed E-state index contributed by atoms with van der Waals surface area (Å²) in [7, 11) is 0. The van der Waals surface area contributed by atoms with Crippen LogP contribution in [0.4, 0.5) is 11.5 Å². The van der Waals surface area contributed by atoms with Crippen LogP contribution < -0.4 is 11.1 Å². The van der Waals surface area contributed by atoms with Crippen LogP contribution in [0.25, 0.3) is 0 Å². The molecule has 0 aliphatic heterocycles. The van der Waals surface area contributed by atoms with E-state index in [1.165, 1.54) is 6.20 Å². The summed E-state index contributed by atoms with van der Waals surface area (Å²) in [6.45, 7) is 4.22. The highest BCUT2D eigenvalue weighted by molar-refractivity contribution is 5.63. The van der Waals surface area contributed by atoms with Crippen molar-refractivity contribution in [3.05, 3.63) is 17.8 Å². The maximum absolute atomic E-state index is 8.65. The van der Waals surface area contributed by atoms with E-state index in [1.54, 1.807) is 6.07 Å². The summed E-state index contributed by atoms with van der Waals surface area (Å²) < 4.78 is 0. The van der Waals surface area contributed by atoms with Crippen molar-refractivity contribution >= 4 is 11.5 Å². The number of nitrogen functional groups attached to an aromatic ring is 1. The zero-order valence-electron chi connectivity index (χ0n) is 9.12. The fourth-order valence-electron chi connectivity index (χ4n) is 1.40. The molecule has 0 fully saturated rings. The van der Waals surface area contributed by atoms with Gasteiger partial charge in [-0.3, -0.25) is 0 Å². The summed E-state index contributed by atoms with van der Waals surface area (Å²) in [4.78, 5) is 4.11. The molecule has 0 aliphatic rings. The van der Waals surface area contributed by atoms with Gasteiger partial charge in [-0.1, -0.05) is 13.3 Å². The molecule has 1 heterocycles. The molecule has 4 nitrogen and oxygen atoms in total. The number of aromatic nitrogens is 1. The van der Waals surface area contributed by atoms with E-state index < -0.39 is 0 Å². The zero-order chi connectivity index (χ0) is 11.3. The van der Waals surface area contributed by atoms with Gasteiger partial charge in [0.25, 0.3) is 0 Å². The quantitative estimate of drug-likeness (QED) is 0.787. The molecule has 80 valence electrons. The molecular formula is C11H16N4. The zero-order valence-corrected chi connectivity index (χ0v) is 9.12. The lowest BCUT2D eigenvalue weighted by atomic mass is 10.2. The molecule has 0 saturated heterocycles. The Kier molecular flexibility index (Phi) is 3.92. The van der Waals surface area contributed by atoms with Crippen molar-refractivity contribution in [3.63, 3.8) is 0 Å². The van der Waals surface area contributed by atoms with Crippen molar-refractivity contribution < 1.29 is 0 Å². The molecule has 1 unspecified atom stereocenters. The maximum Gasteiger partial charge on any atom is 0.149 e. The van der Waals surface area contributed by atoms with Crippen LogP contribution in [0.2, 0.25) is 0 Å². The van der Waals surface area contributed by atoms with Crippen LogP contribution in [-0.4, -0.2) is 11.0 Å². The van der Waals surface area contributed by atoms with Crippen molar-refractivity contribution in [2.75, 3.05) is 11.1 Å². The van der Waals surface area contributed by atoms with Crippen LogP contribution in [0, 0.1) is 11.3 Å². The first kappa shape index (κ1) is 11.3. The van der Waals surface area contributed by atoms with Crippen LogP contribution in [0.15, 0.2) is 12.3 Å². The molecule has 0 bridgehead atoms. The van der Waals surface area contributed by atoms with Gasteiger partial charge in [0.1, 0.15) is 11.9 Å². The number of hydrogen-bond acceptors (Lipinski definition) is 4. The number of nitrogens with two attached hydrogens (primary N) is 1. The Balaban J connectivity index is 2.74.